The summed E-state index contributed by atoms with van der Waals surface area (Å²) in [6, 6.07) is 12.9. The molecule has 0 bridgehead atoms. The highest BCUT2D eigenvalue weighted by molar-refractivity contribution is 7.18. The van der Waals surface area contributed by atoms with Crippen molar-refractivity contribution in [1.82, 2.24) is 4.98 Å². The van der Waals surface area contributed by atoms with Crippen LogP contribution in [0.15, 0.2) is 42.5 Å². The summed E-state index contributed by atoms with van der Waals surface area (Å²) in [6.45, 7) is 4.52. The molecule has 0 radical (unpaired) electrons. The number of rotatable bonds is 5. The van der Waals surface area contributed by atoms with Crippen LogP contribution in [-0.2, 0) is 0 Å². The van der Waals surface area contributed by atoms with E-state index in [-0.39, 0.29) is 5.91 Å². The van der Waals surface area contributed by atoms with Crippen LogP contribution in [0, 0.1) is 18.8 Å². The molecule has 0 aliphatic heterocycles. The second-order valence-electron chi connectivity index (χ2n) is 5.70. The van der Waals surface area contributed by atoms with Gasteiger partial charge in [0.2, 0.25) is 0 Å². The third-order valence-electron chi connectivity index (χ3n) is 3.65. The van der Waals surface area contributed by atoms with Crippen molar-refractivity contribution in [2.75, 3.05) is 11.9 Å². The summed E-state index contributed by atoms with van der Waals surface area (Å²) in [6.07, 6.45) is 1.55. The first-order valence-corrected chi connectivity index (χ1v) is 9.34. The van der Waals surface area contributed by atoms with Gasteiger partial charge in [-0.1, -0.05) is 18.9 Å². The van der Waals surface area contributed by atoms with Gasteiger partial charge in [0, 0.05) is 30.2 Å². The number of anilines is 1. The fraction of sp³-hybridized carbons (Fsp3) is 0.238. The molecule has 0 aliphatic rings. The quantitative estimate of drug-likeness (QED) is 0.510. The number of hydrogen-bond donors (Lipinski definition) is 1. The fourth-order valence-corrected chi connectivity index (χ4v) is 3.35. The van der Waals surface area contributed by atoms with Gasteiger partial charge in [-0.3, -0.25) is 4.79 Å². The van der Waals surface area contributed by atoms with E-state index in [0.717, 1.165) is 27.4 Å². The Kier molecular flexibility index (Phi) is 5.88. The summed E-state index contributed by atoms with van der Waals surface area (Å²) in [4.78, 5) is 16.9. The number of carbonyl (C=O) groups excluding carboxylic acids is 1. The molecule has 1 amide bonds. The van der Waals surface area contributed by atoms with E-state index in [2.05, 4.69) is 22.1 Å². The fourth-order valence-electron chi connectivity index (χ4n) is 2.48. The van der Waals surface area contributed by atoms with Crippen molar-refractivity contribution in [3.8, 4) is 17.6 Å². The van der Waals surface area contributed by atoms with Crippen molar-refractivity contribution in [3.63, 3.8) is 0 Å². The number of fused-ring (bicyclic) bond motifs is 1. The molecular weight excluding hydrogens is 344 g/mol. The number of aryl methyl sites for hydroxylation is 1. The van der Waals surface area contributed by atoms with Crippen molar-refractivity contribution < 1.29 is 9.53 Å². The molecule has 1 aromatic heterocycles. The number of ether oxygens (including phenoxy) is 1. The lowest BCUT2D eigenvalue weighted by molar-refractivity contribution is 0.102. The molecule has 5 heteroatoms. The minimum absolute atomic E-state index is 0.149. The number of carbonyl (C=O) groups is 1. The molecule has 1 heterocycles. The Labute approximate surface area is 157 Å². The van der Waals surface area contributed by atoms with Gasteiger partial charge in [-0.05, 0) is 37.3 Å². The van der Waals surface area contributed by atoms with Crippen LogP contribution in [0.5, 0.6) is 5.75 Å². The predicted molar refractivity (Wildman–Crippen MR) is 107 cm³/mol. The van der Waals surface area contributed by atoms with Crippen LogP contribution in [0.1, 0.15) is 35.1 Å². The molecule has 26 heavy (non-hydrogen) atoms. The van der Waals surface area contributed by atoms with Crippen LogP contribution in [-0.4, -0.2) is 17.5 Å². The summed E-state index contributed by atoms with van der Waals surface area (Å²) < 4.78 is 6.69. The van der Waals surface area contributed by atoms with E-state index in [1.54, 1.807) is 17.4 Å². The Morgan fingerprint density at radius 1 is 1.23 bits per heavy atom. The lowest BCUT2D eigenvalue weighted by Gasteiger charge is -2.08. The van der Waals surface area contributed by atoms with E-state index >= 15 is 0 Å². The number of thiazole rings is 1. The molecule has 0 atom stereocenters. The molecule has 3 aromatic rings. The standard InChI is InChI=1S/C21H20N2O2S/c1-3-4-5-6-12-25-18-9-7-8-17(14-18)23-21(24)16-10-11-19-20(13-16)26-15(2)22-19/h7-11,13-14H,3,6,12H2,1-2H3,(H,23,24). The summed E-state index contributed by atoms with van der Waals surface area (Å²) in [5.41, 5.74) is 2.24. The largest absolute Gasteiger partial charge is 0.493 e. The lowest BCUT2D eigenvalue weighted by atomic mass is 10.2. The van der Waals surface area contributed by atoms with Crippen LogP contribution in [0.25, 0.3) is 10.2 Å². The Morgan fingerprint density at radius 3 is 2.96 bits per heavy atom. The van der Waals surface area contributed by atoms with E-state index in [4.69, 9.17) is 4.74 Å². The molecule has 0 saturated carbocycles. The molecule has 4 nitrogen and oxygen atoms in total. The van der Waals surface area contributed by atoms with E-state index in [1.165, 1.54) is 0 Å². The molecule has 3 rings (SSSR count). The molecule has 0 saturated heterocycles. The third-order valence-corrected chi connectivity index (χ3v) is 4.58. The van der Waals surface area contributed by atoms with Crippen molar-refractivity contribution in [2.24, 2.45) is 0 Å². The van der Waals surface area contributed by atoms with Crippen LogP contribution >= 0.6 is 11.3 Å². The summed E-state index contributed by atoms with van der Waals surface area (Å²) in [5, 5.41) is 3.91. The van der Waals surface area contributed by atoms with Crippen LogP contribution in [0.3, 0.4) is 0 Å². The predicted octanol–water partition coefficient (Wildman–Crippen LogP) is 5.04. The Hall–Kier alpha value is -2.84. The molecule has 0 unspecified atom stereocenters. The van der Waals surface area contributed by atoms with Gasteiger partial charge in [0.25, 0.3) is 5.91 Å². The van der Waals surface area contributed by atoms with Gasteiger partial charge in [0.15, 0.2) is 0 Å². The maximum atomic E-state index is 12.5. The van der Waals surface area contributed by atoms with Gasteiger partial charge in [0.1, 0.15) is 5.75 Å². The zero-order valence-electron chi connectivity index (χ0n) is 14.8. The third kappa shape index (κ3) is 4.62. The van der Waals surface area contributed by atoms with Crippen molar-refractivity contribution in [2.45, 2.75) is 26.7 Å². The Balaban J connectivity index is 1.65. The topological polar surface area (TPSA) is 51.2 Å². The van der Waals surface area contributed by atoms with Crippen molar-refractivity contribution in [1.29, 1.82) is 0 Å². The highest BCUT2D eigenvalue weighted by Crippen LogP contribution is 2.23. The molecule has 0 aliphatic carbocycles. The summed E-state index contributed by atoms with van der Waals surface area (Å²) >= 11 is 1.58. The highest BCUT2D eigenvalue weighted by atomic mass is 32.1. The average Bonchev–Trinajstić information content (AvgIpc) is 3.01. The number of nitrogens with zero attached hydrogens (tertiary/aromatic N) is 1. The number of hydrogen-bond acceptors (Lipinski definition) is 4. The monoisotopic (exact) mass is 364 g/mol. The maximum Gasteiger partial charge on any atom is 0.255 e. The average molecular weight is 364 g/mol. The second kappa shape index (κ2) is 8.50. The SMILES string of the molecule is CCC#CCCOc1cccc(NC(=O)c2ccc3nc(C)sc3c2)c1. The first-order valence-electron chi connectivity index (χ1n) is 8.53. The van der Waals surface area contributed by atoms with Gasteiger partial charge in [0.05, 0.1) is 21.8 Å². The van der Waals surface area contributed by atoms with Gasteiger partial charge in [-0.25, -0.2) is 4.98 Å². The molecule has 2 aromatic carbocycles. The van der Waals surface area contributed by atoms with Gasteiger partial charge in [-0.15, -0.1) is 17.3 Å². The molecule has 1 N–H and O–H groups in total. The Morgan fingerprint density at radius 2 is 2.12 bits per heavy atom. The summed E-state index contributed by atoms with van der Waals surface area (Å²) in [5.74, 6) is 6.62. The van der Waals surface area contributed by atoms with Crippen LogP contribution in [0.2, 0.25) is 0 Å². The van der Waals surface area contributed by atoms with Crippen LogP contribution < -0.4 is 10.1 Å². The van der Waals surface area contributed by atoms with E-state index in [0.29, 0.717) is 24.3 Å². The molecule has 0 fully saturated rings. The first kappa shape index (κ1) is 18.0. The minimum Gasteiger partial charge on any atom is -0.493 e. The highest BCUT2D eigenvalue weighted by Gasteiger charge is 2.09. The van der Waals surface area contributed by atoms with Gasteiger partial charge < -0.3 is 10.1 Å². The normalized spacial score (nSPS) is 10.2. The first-order chi connectivity index (χ1) is 12.7. The van der Waals surface area contributed by atoms with Gasteiger partial charge >= 0.3 is 0 Å². The number of amides is 1. The second-order valence-corrected chi connectivity index (χ2v) is 6.94. The molecule has 132 valence electrons. The zero-order chi connectivity index (χ0) is 18.4. The number of aromatic nitrogens is 1. The summed E-state index contributed by atoms with van der Waals surface area (Å²) in [7, 11) is 0. The van der Waals surface area contributed by atoms with Gasteiger partial charge in [-0.2, -0.15) is 0 Å². The smallest absolute Gasteiger partial charge is 0.255 e. The number of nitrogens with one attached hydrogen (secondary N) is 1. The minimum atomic E-state index is -0.149. The molecular formula is C21H20N2O2S. The van der Waals surface area contributed by atoms with Crippen molar-refractivity contribution >= 4 is 33.1 Å². The number of benzene rings is 2. The molecule has 0 spiro atoms. The van der Waals surface area contributed by atoms with Crippen LogP contribution in [0.4, 0.5) is 5.69 Å². The zero-order valence-corrected chi connectivity index (χ0v) is 15.7. The lowest BCUT2D eigenvalue weighted by Crippen LogP contribution is -2.11. The van der Waals surface area contributed by atoms with E-state index < -0.39 is 0 Å². The van der Waals surface area contributed by atoms with Crippen molar-refractivity contribution in [3.05, 3.63) is 53.0 Å². The van der Waals surface area contributed by atoms with E-state index in [9.17, 15) is 4.79 Å². The maximum absolute atomic E-state index is 12.5. The Bertz CT molecular complexity index is 982. The van der Waals surface area contributed by atoms with E-state index in [1.807, 2.05) is 50.2 Å².